The van der Waals surface area contributed by atoms with Crippen LogP contribution in [0.5, 0.6) is 0 Å². The summed E-state index contributed by atoms with van der Waals surface area (Å²) in [7, 11) is 1.15. The zero-order valence-electron chi connectivity index (χ0n) is 8.71. The Labute approximate surface area is 104 Å². The highest BCUT2D eigenvalue weighted by Crippen LogP contribution is 2.19. The van der Waals surface area contributed by atoms with Gasteiger partial charge in [-0.05, 0) is 28.1 Å². The molecular formula is C11H7BrFNO3. The van der Waals surface area contributed by atoms with Gasteiger partial charge in [0.2, 0.25) is 5.43 Å². The molecule has 1 aromatic carbocycles. The third-order valence-corrected chi connectivity index (χ3v) is 2.93. The second-order valence-corrected chi connectivity index (χ2v) is 4.16. The summed E-state index contributed by atoms with van der Waals surface area (Å²) in [5.41, 5.74) is -0.450. The molecule has 2 aromatic rings. The van der Waals surface area contributed by atoms with Gasteiger partial charge >= 0.3 is 5.97 Å². The van der Waals surface area contributed by atoms with Crippen molar-refractivity contribution in [3.8, 4) is 0 Å². The molecule has 0 fully saturated rings. The number of ether oxygens (including phenoxy) is 1. The van der Waals surface area contributed by atoms with Crippen LogP contribution < -0.4 is 5.43 Å². The molecule has 88 valence electrons. The van der Waals surface area contributed by atoms with E-state index >= 15 is 0 Å². The zero-order chi connectivity index (χ0) is 12.6. The fraction of sp³-hybridized carbons (Fsp3) is 0.0909. The molecule has 0 radical (unpaired) electrons. The van der Waals surface area contributed by atoms with Gasteiger partial charge in [-0.2, -0.15) is 0 Å². The van der Waals surface area contributed by atoms with E-state index in [0.717, 1.165) is 7.11 Å². The van der Waals surface area contributed by atoms with Gasteiger partial charge in [0, 0.05) is 6.20 Å². The Bertz CT molecular complexity index is 666. The molecule has 1 heterocycles. The van der Waals surface area contributed by atoms with Gasteiger partial charge < -0.3 is 9.72 Å². The lowest BCUT2D eigenvalue weighted by Gasteiger charge is -2.04. The molecule has 6 heteroatoms. The lowest BCUT2D eigenvalue weighted by Crippen LogP contribution is -2.11. The predicted molar refractivity (Wildman–Crippen MR) is 63.6 cm³/mol. The minimum Gasteiger partial charge on any atom is -0.465 e. The number of hydrogen-bond acceptors (Lipinski definition) is 3. The average Bonchev–Trinajstić information content (AvgIpc) is 2.33. The summed E-state index contributed by atoms with van der Waals surface area (Å²) in [6, 6.07) is 2.73. The highest BCUT2D eigenvalue weighted by atomic mass is 79.9. The van der Waals surface area contributed by atoms with Crippen LogP contribution >= 0.6 is 15.9 Å². The molecule has 0 aliphatic rings. The number of hydrogen-bond donors (Lipinski definition) is 1. The highest BCUT2D eigenvalue weighted by Gasteiger charge is 2.17. The van der Waals surface area contributed by atoms with Crippen molar-refractivity contribution >= 4 is 32.8 Å². The molecule has 0 saturated heterocycles. The number of halogens is 2. The lowest BCUT2D eigenvalue weighted by atomic mass is 10.1. The predicted octanol–water partition coefficient (Wildman–Crippen LogP) is 2.22. The van der Waals surface area contributed by atoms with Crippen molar-refractivity contribution in [2.75, 3.05) is 7.11 Å². The van der Waals surface area contributed by atoms with Crippen LogP contribution in [-0.4, -0.2) is 18.1 Å². The SMILES string of the molecule is COC(=O)c1ccc2[nH]cc(Br)c(=O)c2c1F. The maximum absolute atomic E-state index is 14.0. The van der Waals surface area contributed by atoms with Crippen LogP contribution in [0.25, 0.3) is 10.9 Å². The number of fused-ring (bicyclic) bond motifs is 1. The maximum Gasteiger partial charge on any atom is 0.340 e. The zero-order valence-corrected chi connectivity index (χ0v) is 10.3. The Balaban J connectivity index is 2.87. The molecule has 0 unspecified atom stereocenters. The van der Waals surface area contributed by atoms with E-state index < -0.39 is 17.2 Å². The number of H-pyrrole nitrogens is 1. The Hall–Kier alpha value is -1.69. The van der Waals surface area contributed by atoms with E-state index in [1.165, 1.54) is 18.3 Å². The molecular weight excluding hydrogens is 293 g/mol. The molecule has 2 rings (SSSR count). The van der Waals surface area contributed by atoms with Gasteiger partial charge in [0.1, 0.15) is 0 Å². The first-order valence-electron chi connectivity index (χ1n) is 4.64. The van der Waals surface area contributed by atoms with E-state index in [0.29, 0.717) is 5.52 Å². The number of methoxy groups -OCH3 is 1. The van der Waals surface area contributed by atoms with Crippen LogP contribution in [0.4, 0.5) is 4.39 Å². The van der Waals surface area contributed by atoms with Gasteiger partial charge in [-0.25, -0.2) is 9.18 Å². The van der Waals surface area contributed by atoms with Crippen LogP contribution in [0.3, 0.4) is 0 Å². The number of carbonyl (C=O) groups is 1. The summed E-state index contributed by atoms with van der Waals surface area (Å²) in [5, 5.41) is -0.165. The summed E-state index contributed by atoms with van der Waals surface area (Å²) < 4.78 is 18.6. The molecule has 0 saturated carbocycles. The quantitative estimate of drug-likeness (QED) is 0.822. The second-order valence-electron chi connectivity index (χ2n) is 3.31. The van der Waals surface area contributed by atoms with Crippen molar-refractivity contribution in [1.29, 1.82) is 0 Å². The minimum atomic E-state index is -0.878. The van der Waals surface area contributed by atoms with Gasteiger partial charge in [-0.15, -0.1) is 0 Å². The summed E-state index contributed by atoms with van der Waals surface area (Å²) in [6.07, 6.45) is 1.42. The van der Waals surface area contributed by atoms with Crippen molar-refractivity contribution < 1.29 is 13.9 Å². The summed E-state index contributed by atoms with van der Waals surface area (Å²) in [4.78, 5) is 25.8. The van der Waals surface area contributed by atoms with Crippen LogP contribution in [0.2, 0.25) is 0 Å². The molecule has 0 aliphatic heterocycles. The Morgan fingerprint density at radius 3 is 2.82 bits per heavy atom. The van der Waals surface area contributed by atoms with Crippen LogP contribution in [0.15, 0.2) is 27.6 Å². The van der Waals surface area contributed by atoms with Crippen molar-refractivity contribution in [3.63, 3.8) is 0 Å². The Morgan fingerprint density at radius 1 is 1.47 bits per heavy atom. The number of nitrogens with one attached hydrogen (secondary N) is 1. The lowest BCUT2D eigenvalue weighted by molar-refractivity contribution is 0.0596. The smallest absolute Gasteiger partial charge is 0.340 e. The molecule has 0 spiro atoms. The monoisotopic (exact) mass is 299 g/mol. The van der Waals surface area contributed by atoms with Gasteiger partial charge in [-0.1, -0.05) is 0 Å². The molecule has 0 aliphatic carbocycles. The van der Waals surface area contributed by atoms with Crippen molar-refractivity contribution in [1.82, 2.24) is 4.98 Å². The van der Waals surface area contributed by atoms with E-state index in [-0.39, 0.29) is 15.4 Å². The summed E-state index contributed by atoms with van der Waals surface area (Å²) in [5.74, 6) is -1.69. The van der Waals surface area contributed by atoms with Gasteiger partial charge in [-0.3, -0.25) is 4.79 Å². The Kier molecular flexibility index (Phi) is 2.97. The number of pyridine rings is 1. The van der Waals surface area contributed by atoms with Crippen LogP contribution in [0, 0.1) is 5.82 Å². The molecule has 0 atom stereocenters. The van der Waals surface area contributed by atoms with Crippen molar-refractivity contribution in [2.45, 2.75) is 0 Å². The normalized spacial score (nSPS) is 10.5. The van der Waals surface area contributed by atoms with Gasteiger partial charge in [0.05, 0.1) is 28.0 Å². The van der Waals surface area contributed by atoms with E-state index in [4.69, 9.17) is 0 Å². The first-order chi connectivity index (χ1) is 8.06. The van der Waals surface area contributed by atoms with E-state index in [1.54, 1.807) is 0 Å². The van der Waals surface area contributed by atoms with Crippen molar-refractivity contribution in [3.05, 3.63) is 44.4 Å². The summed E-state index contributed by atoms with van der Waals surface area (Å²) in [6.45, 7) is 0. The minimum absolute atomic E-state index is 0.165. The first kappa shape index (κ1) is 11.8. The fourth-order valence-electron chi connectivity index (χ4n) is 1.51. The number of aromatic nitrogens is 1. The number of aromatic amines is 1. The molecule has 1 aromatic heterocycles. The van der Waals surface area contributed by atoms with Crippen LogP contribution in [0.1, 0.15) is 10.4 Å². The van der Waals surface area contributed by atoms with Gasteiger partial charge in [0.15, 0.2) is 5.82 Å². The summed E-state index contributed by atoms with van der Waals surface area (Å²) >= 11 is 3.00. The standard InChI is InChI=1S/C11H7BrFNO3/c1-17-11(16)5-2-3-7-8(9(5)13)10(15)6(12)4-14-7/h2-4H,1H3,(H,14,15). The largest absolute Gasteiger partial charge is 0.465 e. The van der Waals surface area contributed by atoms with E-state index in [2.05, 4.69) is 25.7 Å². The fourth-order valence-corrected chi connectivity index (χ4v) is 1.82. The van der Waals surface area contributed by atoms with Crippen LogP contribution in [-0.2, 0) is 4.74 Å². The van der Waals surface area contributed by atoms with E-state index in [9.17, 15) is 14.0 Å². The highest BCUT2D eigenvalue weighted by molar-refractivity contribution is 9.10. The van der Waals surface area contributed by atoms with E-state index in [1.807, 2.05) is 0 Å². The molecule has 0 amide bonds. The number of esters is 1. The molecule has 17 heavy (non-hydrogen) atoms. The molecule has 1 N–H and O–H groups in total. The topological polar surface area (TPSA) is 59.2 Å². The molecule has 4 nitrogen and oxygen atoms in total. The average molecular weight is 300 g/mol. The van der Waals surface area contributed by atoms with Crippen molar-refractivity contribution in [2.24, 2.45) is 0 Å². The third kappa shape index (κ3) is 1.84. The number of carbonyl (C=O) groups excluding carboxylic acids is 1. The van der Waals surface area contributed by atoms with Gasteiger partial charge in [0.25, 0.3) is 0 Å². The second kappa shape index (κ2) is 4.29. The third-order valence-electron chi connectivity index (χ3n) is 2.35. The molecule has 0 bridgehead atoms. The number of benzene rings is 1. The first-order valence-corrected chi connectivity index (χ1v) is 5.43. The maximum atomic E-state index is 14.0. The number of rotatable bonds is 1. The Morgan fingerprint density at radius 2 is 2.18 bits per heavy atom.